The van der Waals surface area contributed by atoms with Gasteiger partial charge in [0.15, 0.2) is 0 Å². The van der Waals surface area contributed by atoms with E-state index in [1.54, 1.807) is 17.1 Å². The van der Waals surface area contributed by atoms with Crippen molar-refractivity contribution in [1.82, 2.24) is 20.4 Å². The predicted octanol–water partition coefficient (Wildman–Crippen LogP) is 0.664. The van der Waals surface area contributed by atoms with Gasteiger partial charge in [0.1, 0.15) is 6.54 Å². The number of piperidine rings is 1. The van der Waals surface area contributed by atoms with Crippen molar-refractivity contribution in [3.63, 3.8) is 0 Å². The number of halogens is 1. The highest BCUT2D eigenvalue weighted by Gasteiger charge is 2.23. The minimum absolute atomic E-state index is 0. The van der Waals surface area contributed by atoms with Crippen molar-refractivity contribution in [2.75, 3.05) is 11.9 Å². The minimum Gasteiger partial charge on any atom is -0.352 e. The Morgan fingerprint density at radius 1 is 1.32 bits per heavy atom. The quantitative estimate of drug-likeness (QED) is 0.741. The molecular weight excluding hydrogens is 306 g/mol. The molecule has 2 heterocycles. The largest absolute Gasteiger partial charge is 0.352 e. The summed E-state index contributed by atoms with van der Waals surface area (Å²) in [5, 5.41) is 13.1. The first-order valence-electron chi connectivity index (χ1n) is 7.57. The first kappa shape index (κ1) is 16.8. The van der Waals surface area contributed by atoms with Crippen LogP contribution in [0.3, 0.4) is 0 Å². The van der Waals surface area contributed by atoms with Gasteiger partial charge in [0, 0.05) is 12.2 Å². The molecule has 1 aliphatic carbocycles. The second kappa shape index (κ2) is 7.60. The molecule has 0 spiro atoms. The third-order valence-corrected chi connectivity index (χ3v) is 3.78. The van der Waals surface area contributed by atoms with Gasteiger partial charge in [-0.05, 0) is 32.2 Å². The molecule has 2 amide bonds. The van der Waals surface area contributed by atoms with Crippen molar-refractivity contribution in [1.29, 1.82) is 0 Å². The molecule has 1 unspecified atom stereocenters. The fourth-order valence-corrected chi connectivity index (χ4v) is 2.47. The molecule has 0 bridgehead atoms. The molecule has 1 saturated heterocycles. The Kier molecular flexibility index (Phi) is 5.79. The van der Waals surface area contributed by atoms with Crippen LogP contribution in [0.4, 0.5) is 5.69 Å². The van der Waals surface area contributed by atoms with Gasteiger partial charge in [-0.3, -0.25) is 14.3 Å². The minimum atomic E-state index is -0.125. The van der Waals surface area contributed by atoms with Crippen LogP contribution in [0, 0.1) is 0 Å². The lowest BCUT2D eigenvalue weighted by Crippen LogP contribution is -2.43. The molecule has 2 aliphatic rings. The average molecular weight is 328 g/mol. The molecule has 1 atom stereocenters. The van der Waals surface area contributed by atoms with Gasteiger partial charge in [0.2, 0.25) is 11.8 Å². The van der Waals surface area contributed by atoms with E-state index in [1.165, 1.54) is 0 Å². The molecule has 0 aromatic carbocycles. The number of anilines is 1. The first-order valence-corrected chi connectivity index (χ1v) is 7.57. The molecule has 7 nitrogen and oxygen atoms in total. The van der Waals surface area contributed by atoms with E-state index in [-0.39, 0.29) is 36.8 Å². The monoisotopic (exact) mass is 327 g/mol. The van der Waals surface area contributed by atoms with Crippen LogP contribution in [0.1, 0.15) is 32.1 Å². The molecule has 1 saturated carbocycles. The van der Waals surface area contributed by atoms with Crippen LogP contribution < -0.4 is 16.0 Å². The zero-order valence-corrected chi connectivity index (χ0v) is 13.2. The maximum absolute atomic E-state index is 12.1. The van der Waals surface area contributed by atoms with Crippen molar-refractivity contribution < 1.29 is 9.59 Å². The number of carbonyl (C=O) groups excluding carboxylic acids is 2. The normalized spacial score (nSPS) is 20.8. The van der Waals surface area contributed by atoms with E-state index in [1.807, 2.05) is 0 Å². The first-order chi connectivity index (χ1) is 10.2. The Morgan fingerprint density at radius 3 is 2.82 bits per heavy atom. The predicted molar refractivity (Wildman–Crippen MR) is 84.9 cm³/mol. The smallest absolute Gasteiger partial charge is 0.241 e. The topological polar surface area (TPSA) is 88.1 Å². The second-order valence-corrected chi connectivity index (χ2v) is 5.76. The van der Waals surface area contributed by atoms with E-state index >= 15 is 0 Å². The standard InChI is InChI=1S/C14H21N5O2.ClH/c20-13(17-10-4-5-10)9-19-8-11(7-16-19)18-14(21)12-3-1-2-6-15-12;/h7-8,10,12,15H,1-6,9H2,(H,17,20)(H,18,21);1H. The SMILES string of the molecule is Cl.O=C(Cn1cc(NC(=O)C2CCCCN2)cn1)NC1CC1. The Balaban J connectivity index is 0.00000176. The number of rotatable bonds is 5. The summed E-state index contributed by atoms with van der Waals surface area (Å²) in [6.07, 6.45) is 8.46. The van der Waals surface area contributed by atoms with Crippen LogP contribution >= 0.6 is 12.4 Å². The Labute approximate surface area is 135 Å². The van der Waals surface area contributed by atoms with Gasteiger partial charge in [-0.2, -0.15) is 5.10 Å². The summed E-state index contributed by atoms with van der Waals surface area (Å²) in [6, 6.07) is 0.227. The van der Waals surface area contributed by atoms with Gasteiger partial charge in [-0.1, -0.05) is 6.42 Å². The third kappa shape index (κ3) is 4.71. The molecule has 8 heteroatoms. The summed E-state index contributed by atoms with van der Waals surface area (Å²) in [6.45, 7) is 1.08. The fourth-order valence-electron chi connectivity index (χ4n) is 2.47. The highest BCUT2D eigenvalue weighted by molar-refractivity contribution is 5.94. The summed E-state index contributed by atoms with van der Waals surface area (Å²) < 4.78 is 1.54. The van der Waals surface area contributed by atoms with Gasteiger partial charge in [0.25, 0.3) is 0 Å². The van der Waals surface area contributed by atoms with Crippen LogP contribution in [-0.2, 0) is 16.1 Å². The van der Waals surface area contributed by atoms with Crippen molar-refractivity contribution >= 4 is 29.9 Å². The molecular formula is C14H22ClN5O2. The summed E-state index contributed by atoms with van der Waals surface area (Å²) in [5.74, 6) is -0.0656. The molecule has 22 heavy (non-hydrogen) atoms. The van der Waals surface area contributed by atoms with Gasteiger partial charge in [0.05, 0.1) is 17.9 Å². The average Bonchev–Trinajstić information content (AvgIpc) is 3.19. The van der Waals surface area contributed by atoms with Crippen molar-refractivity contribution in [2.24, 2.45) is 0 Å². The molecule has 122 valence electrons. The van der Waals surface area contributed by atoms with Crippen LogP contribution in [0.25, 0.3) is 0 Å². The Bertz CT molecular complexity index is 523. The number of amides is 2. The molecule has 3 N–H and O–H groups in total. The molecule has 1 aromatic heterocycles. The van der Waals surface area contributed by atoms with Crippen LogP contribution in [0.2, 0.25) is 0 Å². The van der Waals surface area contributed by atoms with E-state index in [2.05, 4.69) is 21.0 Å². The summed E-state index contributed by atoms with van der Waals surface area (Å²) in [5.41, 5.74) is 0.631. The van der Waals surface area contributed by atoms with E-state index in [4.69, 9.17) is 0 Å². The van der Waals surface area contributed by atoms with Crippen LogP contribution in [-0.4, -0.2) is 40.2 Å². The zero-order valence-electron chi connectivity index (χ0n) is 12.4. The van der Waals surface area contributed by atoms with E-state index < -0.39 is 0 Å². The second-order valence-electron chi connectivity index (χ2n) is 5.76. The number of aromatic nitrogens is 2. The highest BCUT2D eigenvalue weighted by Crippen LogP contribution is 2.18. The maximum atomic E-state index is 12.1. The lowest BCUT2D eigenvalue weighted by atomic mass is 10.0. The van der Waals surface area contributed by atoms with E-state index in [0.29, 0.717) is 11.7 Å². The number of nitrogens with one attached hydrogen (secondary N) is 3. The zero-order chi connectivity index (χ0) is 14.7. The van der Waals surface area contributed by atoms with Crippen molar-refractivity contribution in [2.45, 2.75) is 50.7 Å². The fraction of sp³-hybridized carbons (Fsp3) is 0.643. The molecule has 0 radical (unpaired) electrons. The van der Waals surface area contributed by atoms with Gasteiger partial charge in [-0.25, -0.2) is 0 Å². The summed E-state index contributed by atoms with van der Waals surface area (Å²) >= 11 is 0. The van der Waals surface area contributed by atoms with Crippen LogP contribution in [0.5, 0.6) is 0 Å². The van der Waals surface area contributed by atoms with Gasteiger partial charge >= 0.3 is 0 Å². The highest BCUT2D eigenvalue weighted by atomic mass is 35.5. The number of nitrogens with zero attached hydrogens (tertiary/aromatic N) is 2. The lowest BCUT2D eigenvalue weighted by Gasteiger charge is -2.22. The Morgan fingerprint density at radius 2 is 2.14 bits per heavy atom. The summed E-state index contributed by atoms with van der Waals surface area (Å²) in [7, 11) is 0. The summed E-state index contributed by atoms with van der Waals surface area (Å²) in [4.78, 5) is 23.7. The van der Waals surface area contributed by atoms with Crippen molar-refractivity contribution in [3.8, 4) is 0 Å². The van der Waals surface area contributed by atoms with Crippen molar-refractivity contribution in [3.05, 3.63) is 12.4 Å². The van der Waals surface area contributed by atoms with E-state index in [0.717, 1.165) is 38.6 Å². The Hall–Kier alpha value is -1.60. The molecule has 1 aliphatic heterocycles. The maximum Gasteiger partial charge on any atom is 0.241 e. The van der Waals surface area contributed by atoms with E-state index in [9.17, 15) is 9.59 Å². The number of hydrogen-bond acceptors (Lipinski definition) is 4. The molecule has 1 aromatic rings. The number of hydrogen-bond donors (Lipinski definition) is 3. The van der Waals surface area contributed by atoms with Crippen LogP contribution in [0.15, 0.2) is 12.4 Å². The van der Waals surface area contributed by atoms with Gasteiger partial charge < -0.3 is 16.0 Å². The lowest BCUT2D eigenvalue weighted by molar-refractivity contribution is -0.122. The van der Waals surface area contributed by atoms with Gasteiger partial charge in [-0.15, -0.1) is 12.4 Å². The number of carbonyl (C=O) groups is 2. The molecule has 2 fully saturated rings. The molecule has 3 rings (SSSR count). The third-order valence-electron chi connectivity index (χ3n) is 3.78.